The van der Waals surface area contributed by atoms with Crippen LogP contribution < -0.4 is 9.47 Å². The zero-order chi connectivity index (χ0) is 40.6. The van der Waals surface area contributed by atoms with E-state index in [4.69, 9.17) is 24.2 Å². The first kappa shape index (κ1) is 43.3. The average Bonchev–Trinajstić information content (AvgIpc) is 3.73. The molecule has 312 valence electrons. The largest absolute Gasteiger partial charge is 0.459 e. The molecule has 0 spiro atoms. The zero-order valence-electron chi connectivity index (χ0n) is 34.9. The molecule has 0 aromatic heterocycles. The van der Waals surface area contributed by atoms with Crippen molar-refractivity contribution in [3.05, 3.63) is 72.3 Å². The predicted molar refractivity (Wildman–Crippen MR) is 228 cm³/mol. The maximum atomic E-state index is 14.3. The third-order valence-electron chi connectivity index (χ3n) is 12.5. The van der Waals surface area contributed by atoms with Gasteiger partial charge in [0.15, 0.2) is 0 Å². The Hall–Kier alpha value is -3.31. The highest BCUT2D eigenvalue weighted by Gasteiger charge is 2.65. The summed E-state index contributed by atoms with van der Waals surface area (Å²) >= 11 is 1.69. The lowest BCUT2D eigenvalue weighted by Crippen LogP contribution is -2.69. The summed E-state index contributed by atoms with van der Waals surface area (Å²) in [5.74, 6) is 1.44. The van der Waals surface area contributed by atoms with Gasteiger partial charge in [0.05, 0.1) is 18.2 Å². The molecule has 2 aromatic carbocycles. The monoisotopic (exact) mass is 802 g/mol. The molecule has 0 saturated heterocycles. The number of unbranched alkanes of at least 4 members (excludes halogenated alkanes) is 2. The number of nitrogens with zero attached hydrogens (tertiary/aromatic N) is 2. The number of aliphatic hydroxyl groups is 2. The van der Waals surface area contributed by atoms with Crippen molar-refractivity contribution in [3.63, 3.8) is 0 Å². The Morgan fingerprint density at radius 3 is 2.39 bits per heavy atom. The molecule has 1 aliphatic heterocycles. The second-order valence-electron chi connectivity index (χ2n) is 17.4. The Balaban J connectivity index is 1.52. The van der Waals surface area contributed by atoms with Crippen LogP contribution in [0.4, 0.5) is 0 Å². The lowest BCUT2D eigenvalue weighted by Gasteiger charge is -2.59. The van der Waals surface area contributed by atoms with Crippen LogP contribution in [0.3, 0.4) is 0 Å². The summed E-state index contributed by atoms with van der Waals surface area (Å²) in [5, 5.41) is 24.7. The number of aliphatic hydroxyl groups excluding tert-OH is 2. The van der Waals surface area contributed by atoms with Crippen LogP contribution in [-0.2, 0) is 14.4 Å². The molecule has 1 amide bonds. The van der Waals surface area contributed by atoms with Gasteiger partial charge in [0.25, 0.3) is 0 Å². The van der Waals surface area contributed by atoms with E-state index in [0.717, 1.165) is 66.9 Å². The number of ether oxygens (including phenoxy) is 3. The fourth-order valence-corrected chi connectivity index (χ4v) is 10.1. The van der Waals surface area contributed by atoms with E-state index in [2.05, 4.69) is 37.1 Å². The Bertz CT molecular complexity index is 1710. The van der Waals surface area contributed by atoms with E-state index in [1.807, 2.05) is 57.0 Å². The normalized spacial score (nSPS) is 26.3. The van der Waals surface area contributed by atoms with Crippen LogP contribution in [0, 0.1) is 23.7 Å². The Morgan fingerprint density at radius 2 is 1.72 bits per heavy atom. The maximum Gasteiger partial charge on any atom is 0.239 e. The van der Waals surface area contributed by atoms with Gasteiger partial charge >= 0.3 is 0 Å². The summed E-state index contributed by atoms with van der Waals surface area (Å²) in [6.45, 7) is 10.5. The van der Waals surface area contributed by atoms with E-state index in [1.165, 1.54) is 30.6 Å². The summed E-state index contributed by atoms with van der Waals surface area (Å²) in [6, 6.07) is 13.7. The van der Waals surface area contributed by atoms with Gasteiger partial charge in [0, 0.05) is 49.5 Å². The van der Waals surface area contributed by atoms with Crippen molar-refractivity contribution < 1.29 is 34.1 Å². The van der Waals surface area contributed by atoms with Crippen LogP contribution in [0.1, 0.15) is 116 Å². The van der Waals surface area contributed by atoms with Crippen LogP contribution in [-0.4, -0.2) is 77.3 Å². The van der Waals surface area contributed by atoms with Crippen LogP contribution in [0.5, 0.6) is 17.2 Å². The Morgan fingerprint density at radius 1 is 1.02 bits per heavy atom. The topological polar surface area (TPSA) is 110 Å². The van der Waals surface area contributed by atoms with Gasteiger partial charge < -0.3 is 34.2 Å². The van der Waals surface area contributed by atoms with Crippen molar-refractivity contribution in [2.75, 3.05) is 33.1 Å². The minimum Gasteiger partial charge on any atom is -0.459 e. The number of fused-ring (bicyclic) bond motifs is 2. The molecule has 3 aliphatic carbocycles. The molecule has 2 N–H and O–H groups in total. The van der Waals surface area contributed by atoms with Gasteiger partial charge in [-0.2, -0.15) is 0 Å². The molecule has 4 aliphatic rings. The van der Waals surface area contributed by atoms with Gasteiger partial charge in [0.1, 0.15) is 28.9 Å². The number of carbonyl (C=O) groups excluding carboxylic acids is 1. The summed E-state index contributed by atoms with van der Waals surface area (Å²) in [6.07, 6.45) is 17.8. The molecule has 6 atom stereocenters. The summed E-state index contributed by atoms with van der Waals surface area (Å²) in [4.78, 5) is 23.6. The van der Waals surface area contributed by atoms with Crippen molar-refractivity contribution >= 4 is 23.4 Å². The van der Waals surface area contributed by atoms with Crippen LogP contribution >= 0.6 is 11.8 Å². The number of rotatable bonds is 19. The minimum atomic E-state index is -1.25. The fourth-order valence-electron chi connectivity index (χ4n) is 9.74. The zero-order valence-corrected chi connectivity index (χ0v) is 35.7. The number of oxime groups is 1. The van der Waals surface area contributed by atoms with Crippen LogP contribution in [0.15, 0.2) is 76.8 Å². The van der Waals surface area contributed by atoms with E-state index in [9.17, 15) is 15.0 Å². The summed E-state index contributed by atoms with van der Waals surface area (Å²) in [7, 11) is 1.91. The number of hydrogen-bond donors (Lipinski definition) is 2. The molecule has 2 aromatic rings. The number of thioether (sulfide) groups is 1. The lowest BCUT2D eigenvalue weighted by atomic mass is 9.55. The van der Waals surface area contributed by atoms with E-state index in [1.54, 1.807) is 17.8 Å². The fraction of sp³-hybridized carbons (Fsp3) is 0.617. The predicted octanol–water partition coefficient (Wildman–Crippen LogP) is 10.1. The second kappa shape index (κ2) is 19.6. The van der Waals surface area contributed by atoms with Crippen molar-refractivity contribution in [1.29, 1.82) is 0 Å². The number of benzene rings is 2. The van der Waals surface area contributed by atoms with Gasteiger partial charge in [-0.25, -0.2) is 0 Å². The van der Waals surface area contributed by atoms with Gasteiger partial charge in [0.2, 0.25) is 11.7 Å². The Labute approximate surface area is 345 Å². The molecule has 1 heterocycles. The average molecular weight is 803 g/mol. The number of carbonyl (C=O) groups is 1. The first-order chi connectivity index (χ1) is 27.5. The first-order valence-corrected chi connectivity index (χ1v) is 22.6. The molecule has 0 bridgehead atoms. The van der Waals surface area contributed by atoms with Crippen molar-refractivity contribution in [1.82, 2.24) is 4.90 Å². The highest BCUT2D eigenvalue weighted by molar-refractivity contribution is 7.98. The van der Waals surface area contributed by atoms with E-state index in [-0.39, 0.29) is 49.4 Å². The SMILES string of the molecule is C=CCO[C@@]12Oc3ccc(Oc4ccc(SC)cc4)cc3[C@H]3[C@H](CCCCO)[C@@H](CCCCO)C=C(C(=NOC(C)(C)C)C[C@@H]1N(C)C(=O)CCC1CCCC1)[C@H]32. The number of likely N-dealkylation sites (N-methyl/N-ethyl adjacent to an activating group) is 1. The molecular formula is C47H66N2O7S. The summed E-state index contributed by atoms with van der Waals surface area (Å²) < 4.78 is 20.9. The van der Waals surface area contributed by atoms with E-state index in [0.29, 0.717) is 30.9 Å². The van der Waals surface area contributed by atoms with Gasteiger partial charge in [-0.15, -0.1) is 18.3 Å². The molecule has 0 unspecified atom stereocenters. The number of allylic oxidation sites excluding steroid dienone is 1. The molecule has 6 rings (SSSR count). The van der Waals surface area contributed by atoms with Crippen LogP contribution in [0.25, 0.3) is 0 Å². The summed E-state index contributed by atoms with van der Waals surface area (Å²) in [5.41, 5.74) is 2.35. The number of amides is 1. The standard InChI is InChI=1S/C47H66N2O7S/c1-7-28-53-47-42(49(5)43(52)25-18-32-14-8-9-15-32)31-40(48-56-46(2,3)4)38-29-33(16-10-12-26-50)37(17-11-13-27-51)44(45(38)47)39-30-35(21-24-41(39)55-47)54-34-19-22-36(57-6)23-20-34/h7,19-24,29-30,32-33,37,42,44-45,50-51H,1,8-18,25-28,31H2,2-6H3/t33-,37+,42-,44+,45+,47+/m0/s1. The van der Waals surface area contributed by atoms with E-state index >= 15 is 0 Å². The number of hydrogen-bond acceptors (Lipinski definition) is 9. The maximum absolute atomic E-state index is 14.3. The quantitative estimate of drug-likeness (QED) is 0.0626. The van der Waals surface area contributed by atoms with Crippen molar-refractivity contribution in [3.8, 4) is 17.2 Å². The smallest absolute Gasteiger partial charge is 0.239 e. The third-order valence-corrected chi connectivity index (χ3v) is 13.2. The first-order valence-electron chi connectivity index (χ1n) is 21.4. The highest BCUT2D eigenvalue weighted by Crippen LogP contribution is 2.62. The third kappa shape index (κ3) is 10.1. The molecule has 10 heteroatoms. The van der Waals surface area contributed by atoms with Gasteiger partial charge in [-0.3, -0.25) is 4.79 Å². The minimum absolute atomic E-state index is 0.0800. The lowest BCUT2D eigenvalue weighted by molar-refractivity contribution is -0.255. The van der Waals surface area contributed by atoms with Crippen molar-refractivity contribution in [2.24, 2.45) is 28.8 Å². The van der Waals surface area contributed by atoms with Crippen LogP contribution in [0.2, 0.25) is 0 Å². The Kier molecular flexibility index (Phi) is 14.9. The molecular weight excluding hydrogens is 737 g/mol. The second-order valence-corrected chi connectivity index (χ2v) is 18.3. The molecule has 2 fully saturated rings. The molecule has 9 nitrogen and oxygen atoms in total. The molecule has 2 saturated carbocycles. The van der Waals surface area contributed by atoms with Crippen molar-refractivity contribution in [2.45, 2.75) is 132 Å². The van der Waals surface area contributed by atoms with Gasteiger partial charge in [-0.1, -0.05) is 55.8 Å². The highest BCUT2D eigenvalue weighted by atomic mass is 32.2. The van der Waals surface area contributed by atoms with E-state index < -0.39 is 17.4 Å². The molecule has 57 heavy (non-hydrogen) atoms. The van der Waals surface area contributed by atoms with Gasteiger partial charge in [-0.05, 0) is 125 Å². The molecule has 0 radical (unpaired) electrons.